The van der Waals surface area contributed by atoms with E-state index in [1.165, 1.54) is 6.42 Å². The van der Waals surface area contributed by atoms with Crippen LogP contribution in [0.5, 0.6) is 0 Å². The number of carbonyl (C=O) groups excluding carboxylic acids is 1. The minimum atomic E-state index is 0.121. The maximum atomic E-state index is 11.7. The fourth-order valence-corrected chi connectivity index (χ4v) is 3.16. The van der Waals surface area contributed by atoms with E-state index in [1.54, 1.807) is 7.11 Å². The van der Waals surface area contributed by atoms with Gasteiger partial charge in [0.25, 0.3) is 0 Å². The maximum Gasteiger partial charge on any atom is 0.248 e. The lowest BCUT2D eigenvalue weighted by Gasteiger charge is -2.33. The average Bonchev–Trinajstić information content (AvgIpc) is 2.69. The number of hydrogen-bond donors (Lipinski definition) is 1. The molecule has 0 bridgehead atoms. The molecule has 1 N–H and O–H groups in total. The van der Waals surface area contributed by atoms with Gasteiger partial charge in [0.15, 0.2) is 0 Å². The smallest absolute Gasteiger partial charge is 0.248 e. The number of nitrogens with zero attached hydrogens (tertiary/aromatic N) is 2. The molecule has 0 radical (unpaired) electrons. The summed E-state index contributed by atoms with van der Waals surface area (Å²) in [6, 6.07) is 1.86. The van der Waals surface area contributed by atoms with Crippen LogP contribution in [0.3, 0.4) is 0 Å². The minimum absolute atomic E-state index is 0.121. The summed E-state index contributed by atoms with van der Waals surface area (Å²) in [5, 5.41) is 3.76. The third kappa shape index (κ3) is 3.91. The Morgan fingerprint density at radius 3 is 2.53 bits per heavy atom. The summed E-state index contributed by atoms with van der Waals surface area (Å²) >= 11 is 0. The molecule has 2 rings (SSSR count). The van der Waals surface area contributed by atoms with Gasteiger partial charge in [0.1, 0.15) is 6.61 Å². The van der Waals surface area contributed by atoms with E-state index in [4.69, 9.17) is 4.74 Å². The highest BCUT2D eigenvalue weighted by molar-refractivity contribution is 5.77. The van der Waals surface area contributed by atoms with Crippen LogP contribution in [0, 0.1) is 0 Å². The quantitative estimate of drug-likeness (QED) is 0.797. The van der Waals surface area contributed by atoms with Gasteiger partial charge in [-0.3, -0.25) is 4.79 Å². The number of likely N-dealkylation sites (tertiary alicyclic amines) is 2. The zero-order valence-corrected chi connectivity index (χ0v) is 12.4. The third-order valence-electron chi connectivity index (χ3n) is 4.47. The fraction of sp³-hybridized carbons (Fsp3) is 0.929. The number of carbonyl (C=O) groups is 1. The molecular formula is C14H27N3O2. The molecule has 0 spiro atoms. The van der Waals surface area contributed by atoms with Gasteiger partial charge in [0.2, 0.25) is 5.91 Å². The van der Waals surface area contributed by atoms with Crippen molar-refractivity contribution in [3.8, 4) is 0 Å². The van der Waals surface area contributed by atoms with Gasteiger partial charge in [-0.1, -0.05) is 0 Å². The number of amides is 1. The van der Waals surface area contributed by atoms with Crippen molar-refractivity contribution in [3.05, 3.63) is 0 Å². The van der Waals surface area contributed by atoms with Crippen molar-refractivity contribution in [1.29, 1.82) is 0 Å². The molecule has 5 heteroatoms. The molecule has 2 aliphatic heterocycles. The van der Waals surface area contributed by atoms with Crippen molar-refractivity contribution in [1.82, 2.24) is 15.1 Å². The monoisotopic (exact) mass is 269 g/mol. The number of piperidine rings is 1. The zero-order valence-electron chi connectivity index (χ0n) is 12.4. The number of hydrogen-bond acceptors (Lipinski definition) is 4. The van der Waals surface area contributed by atoms with Crippen LogP contribution in [0.1, 0.15) is 26.2 Å². The molecular weight excluding hydrogens is 242 g/mol. The first kappa shape index (κ1) is 14.8. The van der Waals surface area contributed by atoms with Crippen LogP contribution >= 0.6 is 0 Å². The van der Waals surface area contributed by atoms with Gasteiger partial charge in [-0.05, 0) is 33.2 Å². The zero-order chi connectivity index (χ0) is 13.8. The van der Waals surface area contributed by atoms with Crippen molar-refractivity contribution >= 4 is 5.91 Å². The average molecular weight is 269 g/mol. The summed E-state index contributed by atoms with van der Waals surface area (Å²) in [6.45, 7) is 5.36. The van der Waals surface area contributed by atoms with Crippen LogP contribution in [0.15, 0.2) is 0 Å². The van der Waals surface area contributed by atoms with E-state index in [9.17, 15) is 4.79 Å². The normalized spacial score (nSPS) is 29.9. The standard InChI is InChI=1S/C14H27N3O2/c1-11-8-13(9-16(11)2)15-12-4-6-17(7-5-12)14(18)10-19-3/h11-13,15H,4-10H2,1-3H3. The molecule has 0 aromatic heterocycles. The van der Waals surface area contributed by atoms with E-state index < -0.39 is 0 Å². The number of ether oxygens (including phenoxy) is 1. The Balaban J connectivity index is 1.70. The molecule has 0 aliphatic carbocycles. The van der Waals surface area contributed by atoms with E-state index in [0.29, 0.717) is 18.1 Å². The van der Waals surface area contributed by atoms with E-state index in [-0.39, 0.29) is 12.5 Å². The van der Waals surface area contributed by atoms with Crippen LogP contribution in [-0.4, -0.2) is 74.2 Å². The molecule has 0 aromatic carbocycles. The second-order valence-corrected chi connectivity index (χ2v) is 5.98. The van der Waals surface area contributed by atoms with Crippen molar-refractivity contribution in [2.24, 2.45) is 0 Å². The first-order valence-corrected chi connectivity index (χ1v) is 7.33. The second kappa shape index (κ2) is 6.68. The predicted molar refractivity (Wildman–Crippen MR) is 75.1 cm³/mol. The Bertz CT molecular complexity index is 293. The summed E-state index contributed by atoms with van der Waals surface area (Å²) in [6.07, 6.45) is 3.35. The van der Waals surface area contributed by atoms with Gasteiger partial charge in [-0.15, -0.1) is 0 Å². The Labute approximate surface area is 116 Å². The van der Waals surface area contributed by atoms with Gasteiger partial charge >= 0.3 is 0 Å². The summed E-state index contributed by atoms with van der Waals surface area (Å²) in [4.78, 5) is 16.0. The van der Waals surface area contributed by atoms with Crippen LogP contribution in [-0.2, 0) is 9.53 Å². The van der Waals surface area contributed by atoms with Crippen LogP contribution < -0.4 is 5.32 Å². The van der Waals surface area contributed by atoms with Gasteiger partial charge in [-0.2, -0.15) is 0 Å². The highest BCUT2D eigenvalue weighted by Gasteiger charge is 2.29. The van der Waals surface area contributed by atoms with Crippen molar-refractivity contribution in [2.75, 3.05) is 40.4 Å². The summed E-state index contributed by atoms with van der Waals surface area (Å²) in [5.74, 6) is 0.121. The molecule has 5 nitrogen and oxygen atoms in total. The highest BCUT2D eigenvalue weighted by Crippen LogP contribution is 2.18. The SMILES string of the molecule is COCC(=O)N1CCC(NC2CC(C)N(C)C2)CC1. The van der Waals surface area contributed by atoms with E-state index in [1.807, 2.05) is 4.90 Å². The van der Waals surface area contributed by atoms with Crippen LogP contribution in [0.25, 0.3) is 0 Å². The van der Waals surface area contributed by atoms with Gasteiger partial charge < -0.3 is 19.9 Å². The molecule has 2 saturated heterocycles. The fourth-order valence-electron chi connectivity index (χ4n) is 3.16. The molecule has 2 fully saturated rings. The molecule has 19 heavy (non-hydrogen) atoms. The van der Waals surface area contributed by atoms with Crippen molar-refractivity contribution in [3.63, 3.8) is 0 Å². The summed E-state index contributed by atoms with van der Waals surface area (Å²) in [5.41, 5.74) is 0. The molecule has 2 unspecified atom stereocenters. The molecule has 110 valence electrons. The molecule has 0 aromatic rings. The van der Waals surface area contributed by atoms with Gasteiger partial charge in [0, 0.05) is 44.9 Å². The molecule has 1 amide bonds. The number of rotatable bonds is 4. The second-order valence-electron chi connectivity index (χ2n) is 5.98. The van der Waals surface area contributed by atoms with Crippen LogP contribution in [0.4, 0.5) is 0 Å². The lowest BCUT2D eigenvalue weighted by atomic mass is 10.0. The summed E-state index contributed by atoms with van der Waals surface area (Å²) in [7, 11) is 3.77. The molecule has 2 atom stereocenters. The lowest BCUT2D eigenvalue weighted by Crippen LogP contribution is -2.48. The molecule has 2 heterocycles. The predicted octanol–water partition coefficient (Wildman–Crippen LogP) is 0.306. The lowest BCUT2D eigenvalue weighted by molar-refractivity contribution is -0.136. The topological polar surface area (TPSA) is 44.8 Å². The van der Waals surface area contributed by atoms with Gasteiger partial charge in [-0.25, -0.2) is 0 Å². The molecule has 2 aliphatic rings. The Morgan fingerprint density at radius 1 is 1.32 bits per heavy atom. The van der Waals surface area contributed by atoms with Crippen molar-refractivity contribution in [2.45, 2.75) is 44.3 Å². The Hall–Kier alpha value is -0.650. The minimum Gasteiger partial charge on any atom is -0.375 e. The first-order valence-electron chi connectivity index (χ1n) is 7.33. The first-order chi connectivity index (χ1) is 9.10. The number of likely N-dealkylation sites (N-methyl/N-ethyl adjacent to an activating group) is 1. The summed E-state index contributed by atoms with van der Waals surface area (Å²) < 4.78 is 4.90. The largest absolute Gasteiger partial charge is 0.375 e. The van der Waals surface area contributed by atoms with Crippen molar-refractivity contribution < 1.29 is 9.53 Å². The van der Waals surface area contributed by atoms with Crippen LogP contribution in [0.2, 0.25) is 0 Å². The highest BCUT2D eigenvalue weighted by atomic mass is 16.5. The maximum absolute atomic E-state index is 11.7. The van der Waals surface area contributed by atoms with E-state index in [2.05, 4.69) is 24.2 Å². The van der Waals surface area contributed by atoms with Gasteiger partial charge in [0.05, 0.1) is 0 Å². The van der Waals surface area contributed by atoms with E-state index >= 15 is 0 Å². The third-order valence-corrected chi connectivity index (χ3v) is 4.47. The Morgan fingerprint density at radius 2 is 2.00 bits per heavy atom. The Kier molecular flexibility index (Phi) is 5.19. The number of nitrogens with one attached hydrogen (secondary N) is 1. The number of methoxy groups -OCH3 is 1. The molecule has 0 saturated carbocycles. The van der Waals surface area contributed by atoms with E-state index in [0.717, 1.165) is 32.5 Å².